The van der Waals surface area contributed by atoms with Crippen molar-refractivity contribution in [3.63, 3.8) is 0 Å². The minimum absolute atomic E-state index is 0.0104. The topological polar surface area (TPSA) is 33.1 Å². The molecular formula is C27H26N4S. The van der Waals surface area contributed by atoms with Crippen LogP contribution in [0, 0.1) is 20.8 Å². The summed E-state index contributed by atoms with van der Waals surface area (Å²) in [5.74, 6) is 0. The molecule has 160 valence electrons. The third-order valence-electron chi connectivity index (χ3n) is 6.28. The van der Waals surface area contributed by atoms with Gasteiger partial charge in [-0.3, -0.25) is 4.98 Å². The summed E-state index contributed by atoms with van der Waals surface area (Å²) >= 11 is 5.85. The molecule has 1 fully saturated rings. The molecule has 2 atom stereocenters. The van der Waals surface area contributed by atoms with E-state index >= 15 is 0 Å². The first-order chi connectivity index (χ1) is 15.6. The van der Waals surface area contributed by atoms with E-state index in [2.05, 4.69) is 101 Å². The van der Waals surface area contributed by atoms with Gasteiger partial charge in [0.05, 0.1) is 17.8 Å². The van der Waals surface area contributed by atoms with E-state index in [9.17, 15) is 0 Å². The third-order valence-corrected chi connectivity index (χ3v) is 6.59. The number of hydrogen-bond acceptors (Lipinski definition) is 2. The van der Waals surface area contributed by atoms with Crippen LogP contribution in [-0.4, -0.2) is 14.7 Å². The zero-order valence-electron chi connectivity index (χ0n) is 18.5. The lowest BCUT2D eigenvalue weighted by molar-refractivity contribution is 0.565. The van der Waals surface area contributed by atoms with Crippen molar-refractivity contribution < 1.29 is 0 Å². The molecule has 0 unspecified atom stereocenters. The summed E-state index contributed by atoms with van der Waals surface area (Å²) in [6.07, 6.45) is 1.85. The smallest absolute Gasteiger partial charge is 0.174 e. The van der Waals surface area contributed by atoms with Crippen molar-refractivity contribution >= 4 is 23.0 Å². The van der Waals surface area contributed by atoms with Crippen molar-refractivity contribution in [1.29, 1.82) is 0 Å². The molecule has 1 N–H and O–H groups in total. The van der Waals surface area contributed by atoms with Gasteiger partial charge in [0.2, 0.25) is 0 Å². The lowest BCUT2D eigenvalue weighted by Crippen LogP contribution is -2.29. The fraction of sp³-hybridized carbons (Fsp3) is 0.185. The SMILES string of the molecule is Cc1ccccc1-n1c(C)cc([C@H]2[C@@H](c3ccccn3)NC(=S)N2c2ccccc2)c1C. The summed E-state index contributed by atoms with van der Waals surface area (Å²) in [5.41, 5.74) is 8.20. The van der Waals surface area contributed by atoms with Crippen molar-refractivity contribution in [1.82, 2.24) is 14.9 Å². The average Bonchev–Trinajstić information content (AvgIpc) is 3.31. The van der Waals surface area contributed by atoms with E-state index in [1.54, 1.807) is 0 Å². The Morgan fingerprint density at radius 3 is 2.31 bits per heavy atom. The Morgan fingerprint density at radius 1 is 0.875 bits per heavy atom. The molecule has 3 heterocycles. The molecule has 5 heteroatoms. The molecule has 0 amide bonds. The van der Waals surface area contributed by atoms with E-state index < -0.39 is 0 Å². The fourth-order valence-electron chi connectivity index (χ4n) is 4.81. The maximum atomic E-state index is 5.85. The number of rotatable bonds is 4. The Bertz CT molecular complexity index is 1260. The van der Waals surface area contributed by atoms with Crippen molar-refractivity contribution in [2.45, 2.75) is 32.9 Å². The first-order valence-electron chi connectivity index (χ1n) is 10.9. The molecule has 0 bridgehead atoms. The second-order valence-electron chi connectivity index (χ2n) is 8.28. The Hall–Kier alpha value is -3.44. The van der Waals surface area contributed by atoms with E-state index in [4.69, 9.17) is 12.2 Å². The summed E-state index contributed by atoms with van der Waals surface area (Å²) in [6, 6.07) is 27.2. The van der Waals surface area contributed by atoms with Gasteiger partial charge < -0.3 is 14.8 Å². The number of para-hydroxylation sites is 2. The zero-order chi connectivity index (χ0) is 22.2. The molecule has 1 aliphatic rings. The summed E-state index contributed by atoms with van der Waals surface area (Å²) in [4.78, 5) is 6.91. The second kappa shape index (κ2) is 8.24. The second-order valence-corrected chi connectivity index (χ2v) is 8.67. The number of aryl methyl sites for hydroxylation is 2. The number of aromatic nitrogens is 2. The first kappa shape index (κ1) is 20.5. The van der Waals surface area contributed by atoms with Crippen LogP contribution in [0.15, 0.2) is 85.1 Å². The van der Waals surface area contributed by atoms with Gasteiger partial charge in [-0.15, -0.1) is 0 Å². The minimum Gasteiger partial charge on any atom is -0.351 e. The summed E-state index contributed by atoms with van der Waals surface area (Å²) in [6.45, 7) is 6.54. The highest BCUT2D eigenvalue weighted by molar-refractivity contribution is 7.80. The minimum atomic E-state index is -0.0465. The van der Waals surface area contributed by atoms with Crippen LogP contribution in [0.4, 0.5) is 5.69 Å². The van der Waals surface area contributed by atoms with Gasteiger partial charge in [0.1, 0.15) is 0 Å². The van der Waals surface area contributed by atoms with Crippen LogP contribution in [0.25, 0.3) is 5.69 Å². The van der Waals surface area contributed by atoms with Crippen LogP contribution in [0.2, 0.25) is 0 Å². The van der Waals surface area contributed by atoms with Crippen molar-refractivity contribution in [3.05, 3.63) is 113 Å². The summed E-state index contributed by atoms with van der Waals surface area (Å²) in [5, 5.41) is 4.28. The molecule has 1 aliphatic heterocycles. The Kier molecular flexibility index (Phi) is 5.27. The van der Waals surface area contributed by atoms with Crippen LogP contribution in [0.5, 0.6) is 0 Å². The number of pyridine rings is 1. The van der Waals surface area contributed by atoms with Gasteiger partial charge >= 0.3 is 0 Å². The Labute approximate surface area is 194 Å². The molecule has 5 rings (SSSR count). The van der Waals surface area contributed by atoms with Gasteiger partial charge in [-0.2, -0.15) is 0 Å². The van der Waals surface area contributed by atoms with Gasteiger partial charge in [0, 0.05) is 29.0 Å². The van der Waals surface area contributed by atoms with Crippen molar-refractivity contribution in [2.75, 3.05) is 4.90 Å². The molecular weight excluding hydrogens is 412 g/mol. The monoisotopic (exact) mass is 438 g/mol. The number of thiocarbonyl (C=S) groups is 1. The maximum absolute atomic E-state index is 5.85. The molecule has 4 nitrogen and oxygen atoms in total. The van der Waals surface area contributed by atoms with Crippen LogP contribution in [0.3, 0.4) is 0 Å². The van der Waals surface area contributed by atoms with Crippen molar-refractivity contribution in [2.24, 2.45) is 0 Å². The number of nitrogens with one attached hydrogen (secondary N) is 1. The number of anilines is 1. The average molecular weight is 439 g/mol. The number of benzene rings is 2. The highest BCUT2D eigenvalue weighted by atomic mass is 32.1. The number of hydrogen-bond donors (Lipinski definition) is 1. The normalized spacial score (nSPS) is 18.1. The van der Waals surface area contributed by atoms with Gasteiger partial charge in [-0.1, -0.05) is 42.5 Å². The third kappa shape index (κ3) is 3.39. The first-order valence-corrected chi connectivity index (χ1v) is 11.3. The van der Waals surface area contributed by atoms with E-state index in [1.807, 2.05) is 24.4 Å². The summed E-state index contributed by atoms with van der Waals surface area (Å²) in [7, 11) is 0. The maximum Gasteiger partial charge on any atom is 0.174 e. The molecule has 0 spiro atoms. The summed E-state index contributed by atoms with van der Waals surface area (Å²) < 4.78 is 2.35. The van der Waals surface area contributed by atoms with Gasteiger partial charge in [0.25, 0.3) is 0 Å². The quantitative estimate of drug-likeness (QED) is 0.398. The van der Waals surface area contributed by atoms with E-state index in [0.717, 1.165) is 16.5 Å². The molecule has 2 aromatic heterocycles. The molecule has 0 saturated carbocycles. The van der Waals surface area contributed by atoms with Crippen LogP contribution in [0.1, 0.15) is 40.3 Å². The Morgan fingerprint density at radius 2 is 1.59 bits per heavy atom. The molecule has 0 aliphatic carbocycles. The van der Waals surface area contributed by atoms with Crippen molar-refractivity contribution in [3.8, 4) is 5.69 Å². The van der Waals surface area contributed by atoms with Crippen LogP contribution < -0.4 is 10.2 Å². The van der Waals surface area contributed by atoms with Crippen LogP contribution in [-0.2, 0) is 0 Å². The lowest BCUT2D eigenvalue weighted by Gasteiger charge is -2.28. The molecule has 1 saturated heterocycles. The van der Waals surface area contributed by atoms with E-state index in [1.165, 1.54) is 28.2 Å². The highest BCUT2D eigenvalue weighted by Crippen LogP contribution is 2.43. The van der Waals surface area contributed by atoms with Gasteiger partial charge in [-0.05, 0) is 80.5 Å². The van der Waals surface area contributed by atoms with Gasteiger partial charge in [0.15, 0.2) is 5.11 Å². The molecule has 2 aromatic carbocycles. The molecule has 0 radical (unpaired) electrons. The van der Waals surface area contributed by atoms with E-state index in [-0.39, 0.29) is 12.1 Å². The van der Waals surface area contributed by atoms with Gasteiger partial charge in [-0.25, -0.2) is 0 Å². The highest BCUT2D eigenvalue weighted by Gasteiger charge is 2.42. The fourth-order valence-corrected chi connectivity index (χ4v) is 5.16. The molecule has 4 aromatic rings. The number of nitrogens with zero attached hydrogens (tertiary/aromatic N) is 3. The predicted molar refractivity (Wildman–Crippen MR) is 134 cm³/mol. The standard InChI is InChI=1S/C27H26N4S/c1-18-11-7-8-15-24(18)30-19(2)17-22(20(30)3)26-25(23-14-9-10-16-28-23)29-27(32)31(26)21-12-5-4-6-13-21/h4-17,25-26H,1-3H3,(H,29,32)/t25-,26+/m1/s1. The zero-order valence-corrected chi connectivity index (χ0v) is 19.3. The Balaban J connectivity index is 1.70. The van der Waals surface area contributed by atoms with E-state index in [0.29, 0.717) is 0 Å². The van der Waals surface area contributed by atoms with Crippen LogP contribution >= 0.6 is 12.2 Å². The predicted octanol–water partition coefficient (Wildman–Crippen LogP) is 5.97. The molecule has 32 heavy (non-hydrogen) atoms. The largest absolute Gasteiger partial charge is 0.351 e. The lowest BCUT2D eigenvalue weighted by atomic mass is 9.96.